The van der Waals surface area contributed by atoms with Crippen molar-refractivity contribution >= 4 is 17.5 Å². The van der Waals surface area contributed by atoms with Gasteiger partial charge >= 0.3 is 0 Å². The number of imide groups is 1. The van der Waals surface area contributed by atoms with Crippen LogP contribution < -0.4 is 15.5 Å². The van der Waals surface area contributed by atoms with E-state index in [-0.39, 0.29) is 24.9 Å². The summed E-state index contributed by atoms with van der Waals surface area (Å²) >= 11 is 0. The van der Waals surface area contributed by atoms with E-state index < -0.39 is 0 Å². The van der Waals surface area contributed by atoms with Crippen molar-refractivity contribution in [3.63, 3.8) is 0 Å². The van der Waals surface area contributed by atoms with Gasteiger partial charge in [0.15, 0.2) is 0 Å². The number of nitrogens with zero attached hydrogens (tertiary/aromatic N) is 2. The molecule has 0 bridgehead atoms. The van der Waals surface area contributed by atoms with Gasteiger partial charge in [0.25, 0.3) is 0 Å². The lowest BCUT2D eigenvalue weighted by Crippen LogP contribution is -2.51. The highest BCUT2D eigenvalue weighted by Gasteiger charge is 2.24. The van der Waals surface area contributed by atoms with Crippen molar-refractivity contribution in [3.8, 4) is 6.07 Å². The van der Waals surface area contributed by atoms with E-state index in [1.54, 1.807) is 4.90 Å². The zero-order valence-corrected chi connectivity index (χ0v) is 11.6. The highest BCUT2D eigenvalue weighted by Crippen LogP contribution is 2.23. The number of anilines is 1. The van der Waals surface area contributed by atoms with Gasteiger partial charge in [-0.3, -0.25) is 14.9 Å². The van der Waals surface area contributed by atoms with E-state index in [4.69, 9.17) is 0 Å². The molecular weight excluding hydrogens is 268 g/mol. The number of amides is 2. The Hall–Kier alpha value is -2.39. The zero-order valence-electron chi connectivity index (χ0n) is 11.6. The van der Waals surface area contributed by atoms with Crippen LogP contribution in [0.3, 0.4) is 0 Å². The quantitative estimate of drug-likeness (QED) is 0.775. The van der Waals surface area contributed by atoms with Crippen LogP contribution in [-0.4, -0.2) is 30.9 Å². The average molecular weight is 284 g/mol. The van der Waals surface area contributed by atoms with Gasteiger partial charge in [0.2, 0.25) is 11.8 Å². The number of carbonyl (C=O) groups excluding carboxylic acids is 2. The summed E-state index contributed by atoms with van der Waals surface area (Å²) < 4.78 is 0. The van der Waals surface area contributed by atoms with Gasteiger partial charge in [-0.1, -0.05) is 6.07 Å². The lowest BCUT2D eigenvalue weighted by atomic mass is 10.1. The summed E-state index contributed by atoms with van der Waals surface area (Å²) in [5.74, 6) is -0.677. The van der Waals surface area contributed by atoms with E-state index in [2.05, 4.69) is 16.7 Å². The van der Waals surface area contributed by atoms with Gasteiger partial charge in [-0.05, 0) is 30.5 Å². The Morgan fingerprint density at radius 2 is 2.00 bits per heavy atom. The van der Waals surface area contributed by atoms with E-state index in [0.29, 0.717) is 17.3 Å². The van der Waals surface area contributed by atoms with Gasteiger partial charge in [-0.25, -0.2) is 0 Å². The van der Waals surface area contributed by atoms with Gasteiger partial charge in [-0.2, -0.15) is 5.26 Å². The van der Waals surface area contributed by atoms with Crippen molar-refractivity contribution in [1.29, 1.82) is 5.26 Å². The van der Waals surface area contributed by atoms with Crippen molar-refractivity contribution < 1.29 is 9.59 Å². The third-order valence-corrected chi connectivity index (χ3v) is 3.64. The Labute approximate surface area is 122 Å². The number of rotatable bonds is 4. The molecular formula is C15H16N4O2. The Bertz CT molecular complexity index is 615. The first kappa shape index (κ1) is 13.6. The SMILES string of the molecule is N#Cc1cc(CNC2CC2)ccc1N1CC(=O)NC(=O)C1. The Balaban J connectivity index is 1.79. The fourth-order valence-corrected chi connectivity index (χ4v) is 2.42. The van der Waals surface area contributed by atoms with Crippen LogP contribution in [0.2, 0.25) is 0 Å². The summed E-state index contributed by atoms with van der Waals surface area (Å²) in [6, 6.07) is 8.33. The molecule has 21 heavy (non-hydrogen) atoms. The lowest BCUT2D eigenvalue weighted by Gasteiger charge is -2.28. The number of nitriles is 1. The molecule has 0 unspecified atom stereocenters. The molecule has 1 aliphatic heterocycles. The molecule has 2 aliphatic rings. The van der Waals surface area contributed by atoms with Crippen LogP contribution in [0.15, 0.2) is 18.2 Å². The number of hydrogen-bond acceptors (Lipinski definition) is 5. The largest absolute Gasteiger partial charge is 0.352 e. The monoisotopic (exact) mass is 284 g/mol. The maximum Gasteiger partial charge on any atom is 0.246 e. The van der Waals surface area contributed by atoms with E-state index in [0.717, 1.165) is 12.1 Å². The Kier molecular flexibility index (Phi) is 3.59. The van der Waals surface area contributed by atoms with Crippen LogP contribution >= 0.6 is 0 Å². The molecule has 108 valence electrons. The molecule has 6 nitrogen and oxygen atoms in total. The third kappa shape index (κ3) is 3.20. The molecule has 0 radical (unpaired) electrons. The molecule has 1 heterocycles. The van der Waals surface area contributed by atoms with Crippen molar-refractivity contribution in [2.75, 3.05) is 18.0 Å². The molecule has 3 rings (SSSR count). The van der Waals surface area contributed by atoms with Crippen molar-refractivity contribution in [2.24, 2.45) is 0 Å². The fourth-order valence-electron chi connectivity index (χ4n) is 2.42. The van der Waals surface area contributed by atoms with Gasteiger partial charge < -0.3 is 10.2 Å². The van der Waals surface area contributed by atoms with Gasteiger partial charge in [0, 0.05) is 12.6 Å². The first-order valence-corrected chi connectivity index (χ1v) is 7.00. The highest BCUT2D eigenvalue weighted by molar-refractivity contribution is 6.02. The molecule has 1 aliphatic carbocycles. The second-order valence-electron chi connectivity index (χ2n) is 5.45. The van der Waals surface area contributed by atoms with E-state index >= 15 is 0 Å². The fraction of sp³-hybridized carbons (Fsp3) is 0.400. The first-order valence-electron chi connectivity index (χ1n) is 7.00. The van der Waals surface area contributed by atoms with Crippen molar-refractivity contribution in [1.82, 2.24) is 10.6 Å². The summed E-state index contributed by atoms with van der Waals surface area (Å²) in [7, 11) is 0. The molecule has 0 spiro atoms. The second-order valence-corrected chi connectivity index (χ2v) is 5.45. The van der Waals surface area contributed by atoms with Crippen molar-refractivity contribution in [3.05, 3.63) is 29.3 Å². The second kappa shape index (κ2) is 5.54. The first-order chi connectivity index (χ1) is 10.2. The summed E-state index contributed by atoms with van der Waals surface area (Å²) in [4.78, 5) is 24.5. The number of piperazine rings is 1. The molecule has 1 aromatic carbocycles. The molecule has 0 atom stereocenters. The standard InChI is InChI=1S/C15H16N4O2/c16-6-11-5-10(7-17-12-2-3-12)1-4-13(11)19-8-14(20)18-15(21)9-19/h1,4-5,12,17H,2-3,7-9H2,(H,18,20,21). The number of carbonyl (C=O) groups is 2. The van der Waals surface area contributed by atoms with Crippen molar-refractivity contribution in [2.45, 2.75) is 25.4 Å². The number of nitrogens with one attached hydrogen (secondary N) is 2. The number of benzene rings is 1. The van der Waals surface area contributed by atoms with Crippen LogP contribution in [0.25, 0.3) is 0 Å². The van der Waals surface area contributed by atoms with E-state index in [1.165, 1.54) is 12.8 Å². The molecule has 1 saturated carbocycles. The van der Waals surface area contributed by atoms with Crippen LogP contribution in [-0.2, 0) is 16.1 Å². The minimum Gasteiger partial charge on any atom is -0.352 e. The molecule has 1 aromatic rings. The predicted octanol–water partition coefficient (Wildman–Crippen LogP) is 0.273. The lowest BCUT2D eigenvalue weighted by molar-refractivity contribution is -0.130. The molecule has 2 amide bonds. The minimum atomic E-state index is -0.338. The predicted molar refractivity (Wildman–Crippen MR) is 76.4 cm³/mol. The highest BCUT2D eigenvalue weighted by atomic mass is 16.2. The zero-order chi connectivity index (χ0) is 14.8. The van der Waals surface area contributed by atoms with Crippen LogP contribution in [0.1, 0.15) is 24.0 Å². The molecule has 2 N–H and O–H groups in total. The normalized spacial score (nSPS) is 18.3. The average Bonchev–Trinajstić information content (AvgIpc) is 3.28. The summed E-state index contributed by atoms with van der Waals surface area (Å²) in [5, 5.41) is 15.0. The van der Waals surface area contributed by atoms with E-state index in [1.807, 2.05) is 18.2 Å². The summed E-state index contributed by atoms with van der Waals surface area (Å²) in [6.07, 6.45) is 2.43. The number of hydrogen-bond donors (Lipinski definition) is 2. The van der Waals surface area contributed by atoms with Gasteiger partial charge in [-0.15, -0.1) is 0 Å². The van der Waals surface area contributed by atoms with Crippen LogP contribution in [0, 0.1) is 11.3 Å². The molecule has 6 heteroatoms. The molecule has 1 saturated heterocycles. The molecule has 2 fully saturated rings. The van der Waals surface area contributed by atoms with Gasteiger partial charge in [0.05, 0.1) is 24.3 Å². The minimum absolute atomic E-state index is 0.0973. The smallest absolute Gasteiger partial charge is 0.246 e. The maximum atomic E-state index is 11.4. The van der Waals surface area contributed by atoms with E-state index in [9.17, 15) is 14.9 Å². The third-order valence-electron chi connectivity index (χ3n) is 3.64. The topological polar surface area (TPSA) is 85.2 Å². The Morgan fingerprint density at radius 3 is 2.62 bits per heavy atom. The van der Waals surface area contributed by atoms with Gasteiger partial charge in [0.1, 0.15) is 6.07 Å². The Morgan fingerprint density at radius 1 is 1.29 bits per heavy atom. The summed E-state index contributed by atoms with van der Waals surface area (Å²) in [5.41, 5.74) is 2.17. The maximum absolute atomic E-state index is 11.4. The van der Waals surface area contributed by atoms with Crippen LogP contribution in [0.5, 0.6) is 0 Å². The molecule has 0 aromatic heterocycles. The van der Waals surface area contributed by atoms with Crippen LogP contribution in [0.4, 0.5) is 5.69 Å². The summed E-state index contributed by atoms with van der Waals surface area (Å²) in [6.45, 7) is 0.930.